The molecule has 5 heteroatoms. The van der Waals surface area contributed by atoms with Crippen molar-refractivity contribution in [2.45, 2.75) is 13.8 Å². The molecule has 0 aliphatic carbocycles. The summed E-state index contributed by atoms with van der Waals surface area (Å²) in [5.74, 6) is -0.654. The van der Waals surface area contributed by atoms with E-state index in [4.69, 9.17) is 9.84 Å². The van der Waals surface area contributed by atoms with Crippen molar-refractivity contribution in [3.8, 4) is 0 Å². The summed E-state index contributed by atoms with van der Waals surface area (Å²) in [6, 6.07) is 0. The van der Waals surface area contributed by atoms with Crippen LogP contribution >= 0.6 is 11.8 Å². The molecular formula is C12H23NO3S. The van der Waals surface area contributed by atoms with E-state index in [2.05, 4.69) is 6.58 Å². The number of hydrogen-bond donors (Lipinski definition) is 1. The van der Waals surface area contributed by atoms with Crippen molar-refractivity contribution in [2.24, 2.45) is 0 Å². The molecule has 0 fully saturated rings. The number of rotatable bonds is 7. The number of allylic oxidation sites excluding steroid dienone is 1. The minimum atomic E-state index is -0.984. The highest BCUT2D eigenvalue weighted by Gasteiger charge is 2.12. The van der Waals surface area contributed by atoms with Crippen molar-refractivity contribution in [1.29, 1.82) is 0 Å². The Morgan fingerprint density at radius 1 is 1.47 bits per heavy atom. The molecular weight excluding hydrogens is 238 g/mol. The molecule has 0 unspecified atom stereocenters. The maximum Gasteiger partial charge on any atom is 0.345 e. The van der Waals surface area contributed by atoms with E-state index in [1.54, 1.807) is 6.26 Å². The highest BCUT2D eigenvalue weighted by Crippen LogP contribution is 2.18. The first kappa shape index (κ1) is 18.4. The molecule has 0 aromatic rings. The summed E-state index contributed by atoms with van der Waals surface area (Å²) in [4.78, 5) is 13.0. The van der Waals surface area contributed by atoms with Gasteiger partial charge in [-0.2, -0.15) is 0 Å². The van der Waals surface area contributed by atoms with E-state index in [0.29, 0.717) is 12.4 Å². The minimum Gasteiger partial charge on any atom is -0.491 e. The molecule has 100 valence electrons. The standard InChI is InChI=1S/C10H17NO3S.C2H6/c1-5-8(9(15-4)10(12)13)14-7-6-11(2)3;1-2/h5H,1,6-7H2,2-4H3,(H,12,13);1-2H3/b9-8+;. The number of carboxylic acids is 1. The number of aliphatic carboxylic acids is 1. The first-order valence-electron chi connectivity index (χ1n) is 5.44. The smallest absolute Gasteiger partial charge is 0.345 e. The summed E-state index contributed by atoms with van der Waals surface area (Å²) in [5, 5.41) is 8.87. The Labute approximate surface area is 108 Å². The Bertz CT molecular complexity index is 262. The molecule has 0 aromatic carbocycles. The van der Waals surface area contributed by atoms with E-state index in [1.807, 2.05) is 32.8 Å². The molecule has 0 atom stereocenters. The van der Waals surface area contributed by atoms with Crippen LogP contribution in [0, 0.1) is 0 Å². The highest BCUT2D eigenvalue weighted by molar-refractivity contribution is 8.03. The summed E-state index contributed by atoms with van der Waals surface area (Å²) in [5.41, 5.74) is 0. The topological polar surface area (TPSA) is 49.8 Å². The predicted octanol–water partition coefficient (Wildman–Crippen LogP) is 2.44. The SMILES string of the molecule is C=C/C(OCCN(C)C)=C(\SC)C(=O)O.CC. The third-order valence-corrected chi connectivity index (χ3v) is 2.39. The van der Waals surface area contributed by atoms with Gasteiger partial charge >= 0.3 is 5.97 Å². The Morgan fingerprint density at radius 2 is 2.00 bits per heavy atom. The van der Waals surface area contributed by atoms with Gasteiger partial charge in [-0.1, -0.05) is 20.4 Å². The molecule has 0 saturated carbocycles. The fraction of sp³-hybridized carbons (Fsp3) is 0.583. The maximum absolute atomic E-state index is 10.8. The minimum absolute atomic E-state index is 0.184. The number of nitrogens with zero attached hydrogens (tertiary/aromatic N) is 1. The Balaban J connectivity index is 0. The van der Waals surface area contributed by atoms with Gasteiger partial charge in [0.15, 0.2) is 0 Å². The predicted molar refractivity (Wildman–Crippen MR) is 74.2 cm³/mol. The van der Waals surface area contributed by atoms with Gasteiger partial charge < -0.3 is 14.7 Å². The molecule has 0 saturated heterocycles. The zero-order valence-corrected chi connectivity index (χ0v) is 12.1. The molecule has 17 heavy (non-hydrogen) atoms. The third-order valence-electron chi connectivity index (χ3n) is 1.60. The Hall–Kier alpha value is -0.940. The second kappa shape index (κ2) is 11.5. The molecule has 0 aliphatic heterocycles. The van der Waals surface area contributed by atoms with Crippen LogP contribution < -0.4 is 0 Å². The molecule has 0 radical (unpaired) electrons. The normalized spacial score (nSPS) is 11.2. The number of carbonyl (C=O) groups is 1. The fourth-order valence-electron chi connectivity index (χ4n) is 0.849. The largest absolute Gasteiger partial charge is 0.491 e. The summed E-state index contributed by atoms with van der Waals surface area (Å²) in [7, 11) is 3.85. The van der Waals surface area contributed by atoms with Crippen molar-refractivity contribution in [3.63, 3.8) is 0 Å². The molecule has 0 rings (SSSR count). The average Bonchev–Trinajstić information content (AvgIpc) is 2.29. The van der Waals surface area contributed by atoms with Crippen molar-refractivity contribution >= 4 is 17.7 Å². The Kier molecular flexibility index (Phi) is 12.5. The van der Waals surface area contributed by atoms with Gasteiger partial charge in [-0.25, -0.2) is 4.79 Å². The first-order valence-corrected chi connectivity index (χ1v) is 6.67. The molecule has 0 bridgehead atoms. The quantitative estimate of drug-likeness (QED) is 0.433. The number of ether oxygens (including phenoxy) is 1. The average molecular weight is 261 g/mol. The van der Waals surface area contributed by atoms with Crippen LogP contribution in [0.25, 0.3) is 0 Å². The van der Waals surface area contributed by atoms with Gasteiger partial charge in [0.05, 0.1) is 0 Å². The van der Waals surface area contributed by atoms with Gasteiger partial charge in [-0.05, 0) is 26.4 Å². The lowest BCUT2D eigenvalue weighted by Crippen LogP contribution is -2.18. The molecule has 0 aromatic heterocycles. The number of thioether (sulfide) groups is 1. The lowest BCUT2D eigenvalue weighted by atomic mass is 10.4. The van der Waals surface area contributed by atoms with E-state index in [-0.39, 0.29) is 4.91 Å². The zero-order valence-electron chi connectivity index (χ0n) is 11.3. The van der Waals surface area contributed by atoms with Crippen molar-refractivity contribution < 1.29 is 14.6 Å². The van der Waals surface area contributed by atoms with Crippen LogP contribution in [0.15, 0.2) is 23.3 Å². The van der Waals surface area contributed by atoms with Gasteiger partial charge in [0, 0.05) is 6.54 Å². The number of likely N-dealkylation sites (N-methyl/N-ethyl adjacent to an activating group) is 1. The highest BCUT2D eigenvalue weighted by atomic mass is 32.2. The van der Waals surface area contributed by atoms with Gasteiger partial charge in [-0.3, -0.25) is 0 Å². The number of carboxylic acid groups (broad SMARTS) is 1. The first-order chi connectivity index (χ1) is 8.02. The maximum atomic E-state index is 10.8. The van der Waals surface area contributed by atoms with Crippen LogP contribution in [-0.4, -0.2) is 49.5 Å². The van der Waals surface area contributed by atoms with E-state index in [1.165, 1.54) is 6.08 Å². The van der Waals surface area contributed by atoms with Crippen LogP contribution in [0.5, 0.6) is 0 Å². The zero-order chi connectivity index (χ0) is 13.8. The number of hydrogen-bond acceptors (Lipinski definition) is 4. The van der Waals surface area contributed by atoms with Crippen LogP contribution in [-0.2, 0) is 9.53 Å². The van der Waals surface area contributed by atoms with Crippen molar-refractivity contribution in [1.82, 2.24) is 4.90 Å². The van der Waals surface area contributed by atoms with E-state index in [0.717, 1.165) is 18.3 Å². The Morgan fingerprint density at radius 3 is 2.29 bits per heavy atom. The second-order valence-corrected chi connectivity index (χ2v) is 3.88. The molecule has 0 heterocycles. The molecule has 4 nitrogen and oxygen atoms in total. The second-order valence-electron chi connectivity index (χ2n) is 3.06. The van der Waals surface area contributed by atoms with Crippen molar-refractivity contribution in [2.75, 3.05) is 33.5 Å². The van der Waals surface area contributed by atoms with Gasteiger partial charge in [0.25, 0.3) is 0 Å². The van der Waals surface area contributed by atoms with Gasteiger partial charge in [0.1, 0.15) is 17.3 Å². The van der Waals surface area contributed by atoms with Crippen LogP contribution in [0.3, 0.4) is 0 Å². The lowest BCUT2D eigenvalue weighted by Gasteiger charge is -2.12. The fourth-order valence-corrected chi connectivity index (χ4v) is 1.37. The summed E-state index contributed by atoms with van der Waals surface area (Å²) < 4.78 is 5.33. The third kappa shape index (κ3) is 8.83. The van der Waals surface area contributed by atoms with Crippen LogP contribution in [0.1, 0.15) is 13.8 Å². The van der Waals surface area contributed by atoms with E-state index >= 15 is 0 Å². The molecule has 0 spiro atoms. The molecule has 1 N–H and O–H groups in total. The summed E-state index contributed by atoms with van der Waals surface area (Å²) in [6.07, 6.45) is 3.12. The van der Waals surface area contributed by atoms with E-state index in [9.17, 15) is 4.79 Å². The van der Waals surface area contributed by atoms with Crippen LogP contribution in [0.4, 0.5) is 0 Å². The monoisotopic (exact) mass is 261 g/mol. The molecule has 0 amide bonds. The van der Waals surface area contributed by atoms with Crippen molar-refractivity contribution in [3.05, 3.63) is 23.3 Å². The summed E-state index contributed by atoms with van der Waals surface area (Å²) >= 11 is 1.14. The van der Waals surface area contributed by atoms with Gasteiger partial charge in [0.2, 0.25) is 0 Å². The summed E-state index contributed by atoms with van der Waals surface area (Å²) in [6.45, 7) is 8.72. The van der Waals surface area contributed by atoms with E-state index < -0.39 is 5.97 Å². The van der Waals surface area contributed by atoms with Gasteiger partial charge in [-0.15, -0.1) is 11.8 Å². The lowest BCUT2D eigenvalue weighted by molar-refractivity contribution is -0.132. The molecule has 0 aliphatic rings. The van der Waals surface area contributed by atoms with Crippen LogP contribution in [0.2, 0.25) is 0 Å².